The van der Waals surface area contributed by atoms with Gasteiger partial charge in [0.15, 0.2) is 0 Å². The Bertz CT molecular complexity index is 533. The lowest BCUT2D eigenvalue weighted by Gasteiger charge is -2.31. The maximum absolute atomic E-state index is 10.4. The van der Waals surface area contributed by atoms with Crippen LogP contribution in [0.1, 0.15) is 0 Å². The molecule has 1 aliphatic rings. The van der Waals surface area contributed by atoms with Crippen molar-refractivity contribution >= 4 is 27.4 Å². The molecule has 1 aromatic carbocycles. The molecule has 3 rings (SSSR count). The number of rotatable bonds is 2. The first-order valence-electron chi connectivity index (χ1n) is 5.56. The van der Waals surface area contributed by atoms with E-state index in [0.29, 0.717) is 13.1 Å². The largest absolute Gasteiger partial charge is 0.352 e. The highest BCUT2D eigenvalue weighted by Crippen LogP contribution is 2.29. The van der Waals surface area contributed by atoms with Crippen molar-refractivity contribution in [1.82, 2.24) is 9.38 Å². The molecule has 0 N–H and O–H groups in total. The lowest BCUT2D eigenvalue weighted by atomic mass is 10.2. The predicted octanol–water partition coefficient (Wildman–Crippen LogP) is 2.10. The third kappa shape index (κ3) is 1.84. The molecule has 88 valence electrons. The van der Waals surface area contributed by atoms with Gasteiger partial charge in [-0.3, -0.25) is 5.01 Å². The molecule has 1 fully saturated rings. The fourth-order valence-electron chi connectivity index (χ4n) is 2.09. The topological polar surface area (TPSA) is 48.8 Å². The minimum Gasteiger partial charge on any atom is -0.352 e. The molecule has 1 aliphatic heterocycles. The van der Waals surface area contributed by atoms with E-state index >= 15 is 0 Å². The summed E-state index contributed by atoms with van der Waals surface area (Å²) in [4.78, 5) is 12.6. The smallest absolute Gasteiger partial charge is 0.150 e. The fourth-order valence-corrected chi connectivity index (χ4v) is 2.89. The van der Waals surface area contributed by atoms with Crippen LogP contribution >= 0.6 is 11.5 Å². The Hall–Kier alpha value is -1.69. The Labute approximate surface area is 103 Å². The zero-order valence-corrected chi connectivity index (χ0v) is 10.1. The van der Waals surface area contributed by atoms with Crippen molar-refractivity contribution in [2.24, 2.45) is 5.29 Å². The highest BCUT2D eigenvalue weighted by Gasteiger charge is 2.20. The molecule has 0 spiro atoms. The summed E-state index contributed by atoms with van der Waals surface area (Å²) < 4.78 is 5.72. The predicted molar refractivity (Wildman–Crippen MR) is 69.2 cm³/mol. The average Bonchev–Trinajstić information content (AvgIpc) is 2.83. The maximum atomic E-state index is 10.4. The Morgan fingerprint density at radius 2 is 1.94 bits per heavy atom. The zero-order chi connectivity index (χ0) is 11.7. The van der Waals surface area contributed by atoms with Gasteiger partial charge >= 0.3 is 0 Å². The standard InChI is InChI=1S/C11H12N4OS/c16-13-15-7-5-14(6-8-15)11-9-3-1-2-4-10(9)17-12-11/h1-4H,5-8H2. The van der Waals surface area contributed by atoms with Crippen molar-refractivity contribution in [3.05, 3.63) is 29.2 Å². The number of piperazine rings is 1. The van der Waals surface area contributed by atoms with Gasteiger partial charge in [0.05, 0.1) is 23.1 Å². The van der Waals surface area contributed by atoms with Crippen LogP contribution in [-0.2, 0) is 0 Å². The lowest BCUT2D eigenvalue weighted by molar-refractivity contribution is 0.266. The molecule has 0 aliphatic carbocycles. The highest BCUT2D eigenvalue weighted by atomic mass is 32.1. The minimum absolute atomic E-state index is 0.676. The van der Waals surface area contributed by atoms with Gasteiger partial charge in [-0.05, 0) is 23.7 Å². The summed E-state index contributed by atoms with van der Waals surface area (Å²) in [6, 6.07) is 8.24. The van der Waals surface area contributed by atoms with Crippen molar-refractivity contribution in [2.45, 2.75) is 0 Å². The number of benzene rings is 1. The third-order valence-corrected chi connectivity index (χ3v) is 3.85. The molecule has 0 unspecified atom stereocenters. The van der Waals surface area contributed by atoms with Gasteiger partial charge in [-0.25, -0.2) is 0 Å². The van der Waals surface area contributed by atoms with Gasteiger partial charge in [-0.1, -0.05) is 12.1 Å². The van der Waals surface area contributed by atoms with E-state index in [1.807, 2.05) is 12.1 Å². The van der Waals surface area contributed by atoms with E-state index in [1.54, 1.807) is 5.01 Å². The van der Waals surface area contributed by atoms with Gasteiger partial charge in [0.25, 0.3) is 0 Å². The van der Waals surface area contributed by atoms with Gasteiger partial charge in [0.1, 0.15) is 5.82 Å². The molecule has 0 saturated carbocycles. The number of fused-ring (bicyclic) bond motifs is 1. The van der Waals surface area contributed by atoms with Crippen LogP contribution in [-0.4, -0.2) is 35.6 Å². The maximum Gasteiger partial charge on any atom is 0.150 e. The number of anilines is 1. The number of hydrogen-bond donors (Lipinski definition) is 0. The summed E-state index contributed by atoms with van der Waals surface area (Å²) in [5.74, 6) is 1.04. The summed E-state index contributed by atoms with van der Waals surface area (Å²) in [5.41, 5.74) is 0. The van der Waals surface area contributed by atoms with Crippen molar-refractivity contribution in [1.29, 1.82) is 0 Å². The van der Waals surface area contributed by atoms with Crippen LogP contribution in [0.15, 0.2) is 29.6 Å². The van der Waals surface area contributed by atoms with Gasteiger partial charge in [0.2, 0.25) is 0 Å². The second-order valence-electron chi connectivity index (χ2n) is 4.02. The Balaban J connectivity index is 1.87. The van der Waals surface area contributed by atoms with Crippen LogP contribution in [0.5, 0.6) is 0 Å². The van der Waals surface area contributed by atoms with E-state index in [-0.39, 0.29) is 0 Å². The summed E-state index contributed by atoms with van der Waals surface area (Å²) in [7, 11) is 0. The summed E-state index contributed by atoms with van der Waals surface area (Å²) in [5, 5.41) is 5.72. The third-order valence-electron chi connectivity index (χ3n) is 3.03. The van der Waals surface area contributed by atoms with Gasteiger partial charge in [-0.2, -0.15) is 4.37 Å². The molecule has 0 amide bonds. The Kier molecular flexibility index (Phi) is 2.64. The van der Waals surface area contributed by atoms with Crippen LogP contribution in [0.25, 0.3) is 10.1 Å². The highest BCUT2D eigenvalue weighted by molar-refractivity contribution is 7.13. The molecular formula is C11H12N4OS. The monoisotopic (exact) mass is 248 g/mol. The van der Waals surface area contributed by atoms with Crippen molar-refractivity contribution in [2.75, 3.05) is 31.1 Å². The van der Waals surface area contributed by atoms with Gasteiger partial charge < -0.3 is 4.90 Å². The number of aromatic nitrogens is 1. The van der Waals surface area contributed by atoms with Crippen LogP contribution in [0.4, 0.5) is 5.82 Å². The van der Waals surface area contributed by atoms with Gasteiger partial charge in [0, 0.05) is 18.5 Å². The second-order valence-corrected chi connectivity index (χ2v) is 4.83. The lowest BCUT2D eigenvalue weighted by Crippen LogP contribution is -2.44. The van der Waals surface area contributed by atoms with Crippen molar-refractivity contribution in [3.63, 3.8) is 0 Å². The molecule has 2 aromatic rings. The van der Waals surface area contributed by atoms with E-state index < -0.39 is 0 Å². The first-order chi connectivity index (χ1) is 8.38. The molecule has 0 bridgehead atoms. The van der Waals surface area contributed by atoms with Crippen molar-refractivity contribution < 1.29 is 0 Å². The molecular weight excluding hydrogens is 236 g/mol. The molecule has 6 heteroatoms. The molecule has 0 radical (unpaired) electrons. The van der Waals surface area contributed by atoms with E-state index in [9.17, 15) is 4.91 Å². The summed E-state index contributed by atoms with van der Waals surface area (Å²) in [6.45, 7) is 2.96. The van der Waals surface area contributed by atoms with Crippen LogP contribution < -0.4 is 4.90 Å². The van der Waals surface area contributed by atoms with Crippen molar-refractivity contribution in [3.8, 4) is 0 Å². The number of hydrogen-bond acceptors (Lipinski definition) is 5. The number of nitroso groups, excluding NO2 is 1. The normalized spacial score (nSPS) is 16.5. The summed E-state index contributed by atoms with van der Waals surface area (Å²) >= 11 is 1.52. The van der Waals surface area contributed by atoms with E-state index in [1.165, 1.54) is 21.6 Å². The van der Waals surface area contributed by atoms with E-state index in [0.717, 1.165) is 18.9 Å². The molecule has 0 atom stereocenters. The Morgan fingerprint density at radius 1 is 1.18 bits per heavy atom. The van der Waals surface area contributed by atoms with Gasteiger partial charge in [-0.15, -0.1) is 4.91 Å². The SMILES string of the molecule is O=NN1CCN(c2nsc3ccccc23)CC1. The van der Waals surface area contributed by atoms with Crippen LogP contribution in [0.3, 0.4) is 0 Å². The molecule has 2 heterocycles. The fraction of sp³-hybridized carbons (Fsp3) is 0.364. The average molecular weight is 248 g/mol. The van der Waals surface area contributed by atoms with E-state index in [2.05, 4.69) is 26.7 Å². The zero-order valence-electron chi connectivity index (χ0n) is 9.24. The van der Waals surface area contributed by atoms with Crippen LogP contribution in [0.2, 0.25) is 0 Å². The number of nitrogens with zero attached hydrogens (tertiary/aromatic N) is 4. The molecule has 1 saturated heterocycles. The Morgan fingerprint density at radius 3 is 2.71 bits per heavy atom. The minimum atomic E-state index is 0.676. The second kappa shape index (κ2) is 4.29. The first-order valence-corrected chi connectivity index (χ1v) is 6.33. The first kappa shape index (κ1) is 10.5. The molecule has 1 aromatic heterocycles. The molecule has 17 heavy (non-hydrogen) atoms. The summed E-state index contributed by atoms with van der Waals surface area (Å²) in [6.07, 6.45) is 0. The quantitative estimate of drug-likeness (QED) is 0.764. The molecule has 5 nitrogen and oxygen atoms in total. The van der Waals surface area contributed by atoms with Crippen LogP contribution in [0, 0.1) is 4.91 Å². The van der Waals surface area contributed by atoms with E-state index in [4.69, 9.17) is 0 Å².